The highest BCUT2D eigenvalue weighted by molar-refractivity contribution is 8.93. The summed E-state index contributed by atoms with van der Waals surface area (Å²) < 4.78 is 0. The molecule has 0 nitrogen and oxygen atoms in total. The summed E-state index contributed by atoms with van der Waals surface area (Å²) in [5.74, 6) is 0. The summed E-state index contributed by atoms with van der Waals surface area (Å²) in [7, 11) is 0. The second-order valence-electron chi connectivity index (χ2n) is 0.303. The van der Waals surface area contributed by atoms with Gasteiger partial charge in [-0.2, -0.15) is 0 Å². The zero-order valence-electron chi connectivity index (χ0n) is 5.61. The Balaban J connectivity index is -0.00000001000. The zero-order chi connectivity index (χ0) is 8.12. The van der Waals surface area contributed by atoms with E-state index < -0.39 is 0 Å². The monoisotopic (exact) mass is 492 g/mol. The molecule has 0 N–H and O–H groups in total. The minimum Gasteiger partial charge on any atom is -0.114 e. The smallest absolute Gasteiger partial charge is 0.0967 e. The van der Waals surface area contributed by atoms with Gasteiger partial charge in [-0.05, 0) is 0 Å². The van der Waals surface area contributed by atoms with E-state index in [4.69, 9.17) is 69.6 Å². The maximum atomic E-state index is 4.76. The molecule has 84 valence electrons. The normalized spacial score (nSPS) is 4.50. The Bertz CT molecular complexity index is 22.8. The van der Waals surface area contributed by atoms with Gasteiger partial charge in [-0.3, -0.25) is 0 Å². The van der Waals surface area contributed by atoms with Crippen molar-refractivity contribution in [3.8, 4) is 0 Å². The van der Waals surface area contributed by atoms with Crippen molar-refractivity contribution in [2.45, 2.75) is 0 Å². The van der Waals surface area contributed by atoms with E-state index in [2.05, 4.69) is 0 Å². The van der Waals surface area contributed by atoms with Gasteiger partial charge in [-0.25, -0.2) is 0 Å². The van der Waals surface area contributed by atoms with Crippen LogP contribution in [0.3, 0.4) is 0 Å². The number of halogens is 9. The molecule has 0 bridgehead atoms. The van der Waals surface area contributed by atoms with Gasteiger partial charge in [0.2, 0.25) is 0 Å². The number of rotatable bonds is 0. The summed E-state index contributed by atoms with van der Waals surface area (Å²) in [6.45, 7) is 0. The third kappa shape index (κ3) is 193. The Morgan fingerprint density at radius 3 is 0.417 bits per heavy atom. The second kappa shape index (κ2) is 64.5. The van der Waals surface area contributed by atoms with E-state index in [0.717, 1.165) is 0 Å². The van der Waals surface area contributed by atoms with Gasteiger partial charge in [0.1, 0.15) is 0 Å². The van der Waals surface area contributed by atoms with Gasteiger partial charge in [0.25, 0.3) is 0 Å². The molecule has 12 heavy (non-hydrogen) atoms. The van der Waals surface area contributed by atoms with Crippen LogP contribution in [0.1, 0.15) is 0 Å². The van der Waals surface area contributed by atoms with Crippen molar-refractivity contribution >= 4 is 121 Å². The van der Waals surface area contributed by atoms with Crippen molar-refractivity contribution in [2.24, 2.45) is 0 Å². The van der Waals surface area contributed by atoms with Gasteiger partial charge in [-0.15, -0.1) is 121 Å². The van der Waals surface area contributed by atoms with Crippen molar-refractivity contribution < 1.29 is 0 Å². The molecule has 0 fully saturated rings. The lowest BCUT2D eigenvalue weighted by atomic mass is 11.9. The van der Waals surface area contributed by atoms with Gasteiger partial charge in [-0.1, -0.05) is 0 Å². The summed E-state index contributed by atoms with van der Waals surface area (Å²) in [4.78, 5) is 0. The summed E-state index contributed by atoms with van der Waals surface area (Å²) in [6, 6.07) is 0. The molecule has 0 rings (SSSR count). The van der Waals surface area contributed by atoms with E-state index in [1.807, 2.05) is 0 Å². The Hall–Kier alpha value is 3.18. The molecule has 0 heterocycles. The maximum absolute atomic E-state index is 4.76. The van der Waals surface area contributed by atoms with Crippen molar-refractivity contribution in [3.05, 3.63) is 0 Å². The Morgan fingerprint density at radius 1 is 0.417 bits per heavy atom. The van der Waals surface area contributed by atoms with Crippen molar-refractivity contribution in [2.75, 3.05) is 16.0 Å². The number of hydrogen-bond acceptors (Lipinski definition) is 0. The summed E-state index contributed by atoms with van der Waals surface area (Å²) >= 11 is 28.6. The SMILES string of the molecule is Br.Br.Br.ClCCl.ClCCl.ClCCl. The molecule has 9 heteroatoms. The highest BCUT2D eigenvalue weighted by Crippen LogP contribution is 1.73. The van der Waals surface area contributed by atoms with Gasteiger partial charge in [0.05, 0.1) is 16.0 Å². The zero-order valence-corrected chi connectivity index (χ0v) is 15.3. The largest absolute Gasteiger partial charge is 0.114 e. The van der Waals surface area contributed by atoms with Crippen LogP contribution in [0.15, 0.2) is 0 Å². The predicted molar refractivity (Wildman–Crippen MR) is 80.7 cm³/mol. The van der Waals surface area contributed by atoms with Crippen molar-refractivity contribution in [1.82, 2.24) is 0 Å². The third-order valence-corrected chi connectivity index (χ3v) is 0. The molecule has 0 unspecified atom stereocenters. The first-order valence-electron chi connectivity index (χ1n) is 1.60. The first-order valence-corrected chi connectivity index (χ1v) is 4.81. The fourth-order valence-electron chi connectivity index (χ4n) is 0. The summed E-state index contributed by atoms with van der Waals surface area (Å²) in [5, 5.41) is 0.583. The minimum atomic E-state index is 0. The van der Waals surface area contributed by atoms with Crippen LogP contribution < -0.4 is 0 Å². The van der Waals surface area contributed by atoms with Crippen LogP contribution >= 0.6 is 121 Å². The molecular formula is C3H9Br3Cl6. The molecule has 0 aromatic heterocycles. The molecule has 0 saturated carbocycles. The molecule has 0 saturated heterocycles. The number of alkyl halides is 6. The Kier molecular flexibility index (Phi) is 195. The van der Waals surface area contributed by atoms with Crippen LogP contribution in [0, 0.1) is 0 Å². The second-order valence-corrected chi connectivity index (χ2v) is 2.73. The lowest BCUT2D eigenvalue weighted by molar-refractivity contribution is 2.20. The van der Waals surface area contributed by atoms with Gasteiger partial charge >= 0.3 is 0 Å². The molecule has 0 aliphatic carbocycles. The van der Waals surface area contributed by atoms with Gasteiger partial charge in [0, 0.05) is 0 Å². The molecule has 0 amide bonds. The molecule has 0 spiro atoms. The average molecular weight is 498 g/mol. The average Bonchev–Trinajstić information content (AvgIpc) is 1.70. The van der Waals surface area contributed by atoms with Gasteiger partial charge in [0.15, 0.2) is 0 Å². The first kappa shape index (κ1) is 36.2. The topological polar surface area (TPSA) is 0 Å². The minimum absolute atomic E-state index is 0. The Labute approximate surface area is 135 Å². The van der Waals surface area contributed by atoms with Crippen LogP contribution in [0.25, 0.3) is 0 Å². The van der Waals surface area contributed by atoms with E-state index >= 15 is 0 Å². The lowest BCUT2D eigenvalue weighted by Crippen LogP contribution is -1.24. The fraction of sp³-hybridized carbons (Fsp3) is 1.00. The number of hydrogen-bond donors (Lipinski definition) is 0. The predicted octanol–water partition coefficient (Wildman–Crippen LogP) is 6.00. The standard InChI is InChI=1S/3CH2Cl2.3BrH/c3*2-1-3;;;/h3*1H2;3*1H. The molecule has 0 aromatic carbocycles. The molecule has 0 atom stereocenters. The quantitative estimate of drug-likeness (QED) is 0.360. The Morgan fingerprint density at radius 2 is 0.417 bits per heavy atom. The van der Waals surface area contributed by atoms with E-state index in [9.17, 15) is 0 Å². The van der Waals surface area contributed by atoms with Crippen LogP contribution in [-0.2, 0) is 0 Å². The highest BCUT2D eigenvalue weighted by atomic mass is 79.9. The maximum Gasteiger partial charge on any atom is 0.0967 e. The summed E-state index contributed by atoms with van der Waals surface area (Å²) in [5.41, 5.74) is 0. The van der Waals surface area contributed by atoms with E-state index in [-0.39, 0.29) is 67.0 Å². The summed E-state index contributed by atoms with van der Waals surface area (Å²) in [6.07, 6.45) is 0. The highest BCUT2D eigenvalue weighted by Gasteiger charge is 1.42. The molecule has 0 aliphatic rings. The third-order valence-electron chi connectivity index (χ3n) is 0. The van der Waals surface area contributed by atoms with E-state index in [0.29, 0.717) is 0 Å². The van der Waals surface area contributed by atoms with Crippen molar-refractivity contribution in [1.29, 1.82) is 0 Å². The van der Waals surface area contributed by atoms with E-state index in [1.165, 1.54) is 0 Å². The molecule has 0 aliphatic heterocycles. The molecule has 0 radical (unpaired) electrons. The van der Waals surface area contributed by atoms with Crippen LogP contribution in [-0.4, -0.2) is 16.0 Å². The van der Waals surface area contributed by atoms with Crippen LogP contribution in [0.4, 0.5) is 0 Å². The van der Waals surface area contributed by atoms with E-state index in [1.54, 1.807) is 0 Å². The lowest BCUT2D eigenvalue weighted by Gasteiger charge is -1.42. The molecule has 0 aromatic rings. The first-order chi connectivity index (χ1) is 4.24. The molecular weight excluding hydrogens is 488 g/mol. The van der Waals surface area contributed by atoms with Crippen LogP contribution in [0.5, 0.6) is 0 Å². The fourth-order valence-corrected chi connectivity index (χ4v) is 0. The van der Waals surface area contributed by atoms with Gasteiger partial charge < -0.3 is 0 Å². The van der Waals surface area contributed by atoms with Crippen LogP contribution in [0.2, 0.25) is 0 Å². The van der Waals surface area contributed by atoms with Crippen molar-refractivity contribution in [3.63, 3.8) is 0 Å².